The second-order valence-electron chi connectivity index (χ2n) is 21.1. The minimum Gasteiger partial charge on any atom is -0.507 e. The van der Waals surface area contributed by atoms with Crippen LogP contribution in [-0.4, -0.2) is 251 Å². The van der Waals surface area contributed by atoms with Gasteiger partial charge in [-0.05, 0) is 54.5 Å². The molecule has 90 heavy (non-hydrogen) atoms. The molecule has 488 valence electrons. The van der Waals surface area contributed by atoms with Gasteiger partial charge in [-0.15, -0.1) is 0 Å². The quantitative estimate of drug-likeness (QED) is 0.0176. The maximum absolute atomic E-state index is 13.1. The highest BCUT2D eigenvalue weighted by Gasteiger charge is 2.51. The number of aliphatic hydroxyl groups excluding tert-OH is 12. The monoisotopic (exact) mass is 1270 g/mol. The van der Waals surface area contributed by atoms with Crippen molar-refractivity contribution < 1.29 is 153 Å². The number of phenolic OH excluding ortho intramolecular Hbond substituents is 4. The maximum Gasteiger partial charge on any atom is 0.402 e. The molecule has 16 N–H and O–H groups in total. The predicted molar refractivity (Wildman–Crippen MR) is 299 cm³/mol. The summed E-state index contributed by atoms with van der Waals surface area (Å²) in [5.41, 5.74) is 0.676. The van der Waals surface area contributed by atoms with Crippen LogP contribution in [-0.2, 0) is 42.7 Å². The summed E-state index contributed by atoms with van der Waals surface area (Å²) in [5.74, 6) is -4.56. The van der Waals surface area contributed by atoms with Crippen LogP contribution in [0, 0.1) is 0 Å². The number of fused-ring (bicyclic) bond motifs is 1. The molecule has 9 rings (SSSR count). The summed E-state index contributed by atoms with van der Waals surface area (Å²) in [5, 5.41) is 170. The fourth-order valence-corrected chi connectivity index (χ4v) is 9.95. The van der Waals surface area contributed by atoms with E-state index in [4.69, 9.17) is 61.3 Å². The summed E-state index contributed by atoms with van der Waals surface area (Å²) in [6.45, 7) is -0.705. The molecule has 0 amide bonds. The molecule has 0 radical (unpaired) electrons. The lowest BCUT2D eigenvalue weighted by Crippen LogP contribution is -2.62. The van der Waals surface area contributed by atoms with Crippen molar-refractivity contribution >= 4 is 35.1 Å². The van der Waals surface area contributed by atoms with Gasteiger partial charge in [-0.2, -0.15) is 0 Å². The van der Waals surface area contributed by atoms with Crippen LogP contribution >= 0.6 is 0 Å². The zero-order valence-corrected chi connectivity index (χ0v) is 47.7. The third kappa shape index (κ3) is 14.7. The molecule has 0 aliphatic carbocycles. The highest BCUT2D eigenvalue weighted by molar-refractivity contribution is 5.90. The molecule has 5 aromatic rings. The second-order valence-corrected chi connectivity index (χ2v) is 21.1. The molecular formula is C59H67O31+. The summed E-state index contributed by atoms with van der Waals surface area (Å²) >= 11 is 0. The van der Waals surface area contributed by atoms with Crippen LogP contribution < -0.4 is 23.7 Å². The second kappa shape index (κ2) is 28.6. The molecule has 4 aliphatic heterocycles. The summed E-state index contributed by atoms with van der Waals surface area (Å²) in [6.07, 6.45) is -29.8. The topological polar surface area (TPSA) is 480 Å². The van der Waals surface area contributed by atoms with Gasteiger partial charge in [-0.3, -0.25) is 0 Å². The lowest BCUT2D eigenvalue weighted by Gasteiger charge is -2.42. The highest BCUT2D eigenvalue weighted by atomic mass is 16.7. The minimum atomic E-state index is -2.04. The van der Waals surface area contributed by atoms with Crippen molar-refractivity contribution in [2.24, 2.45) is 0 Å². The molecule has 31 nitrogen and oxygen atoms in total. The molecule has 0 saturated carbocycles. The maximum atomic E-state index is 13.1. The van der Waals surface area contributed by atoms with Gasteiger partial charge in [0.2, 0.25) is 30.4 Å². The number of phenols is 4. The van der Waals surface area contributed by atoms with Crippen LogP contribution in [0.3, 0.4) is 0 Å². The van der Waals surface area contributed by atoms with Crippen molar-refractivity contribution in [1.82, 2.24) is 0 Å². The number of hydrogen-bond donors (Lipinski definition) is 16. The van der Waals surface area contributed by atoms with Gasteiger partial charge in [0.15, 0.2) is 35.4 Å². The van der Waals surface area contributed by atoms with Crippen LogP contribution in [0.4, 0.5) is 0 Å². The van der Waals surface area contributed by atoms with E-state index in [2.05, 4.69) is 0 Å². The highest BCUT2D eigenvalue weighted by Crippen LogP contribution is 2.46. The molecule has 4 fully saturated rings. The van der Waals surface area contributed by atoms with E-state index in [1.54, 1.807) is 0 Å². The number of carbonyl (C=O) groups is 2. The molecule has 31 heteroatoms. The molecule has 5 heterocycles. The van der Waals surface area contributed by atoms with Crippen molar-refractivity contribution in [2.45, 2.75) is 130 Å². The van der Waals surface area contributed by atoms with E-state index < -0.39 is 172 Å². The molecule has 1 aromatic heterocycles. The smallest absolute Gasteiger partial charge is 0.402 e. The summed E-state index contributed by atoms with van der Waals surface area (Å²) in [6, 6.07) is 15.7. The van der Waals surface area contributed by atoms with E-state index >= 15 is 0 Å². The molecule has 4 aliphatic rings. The first-order chi connectivity index (χ1) is 42.9. The number of methoxy groups -OCH3 is 2. The molecule has 4 aromatic carbocycles. The van der Waals surface area contributed by atoms with Crippen LogP contribution in [0.25, 0.3) is 34.4 Å². The molecule has 0 unspecified atom stereocenters. The van der Waals surface area contributed by atoms with E-state index in [1.807, 2.05) is 0 Å². The minimum absolute atomic E-state index is 0.0549. The lowest BCUT2D eigenvalue weighted by molar-refractivity contribution is -0.319. The number of aliphatic hydroxyl groups is 12. The van der Waals surface area contributed by atoms with Crippen LogP contribution in [0.15, 0.2) is 89.4 Å². The van der Waals surface area contributed by atoms with Gasteiger partial charge in [0.05, 0.1) is 45.2 Å². The standard InChI is InChI=1S/C59H66O31/c1-23-54(90-41(65)13-7-24-4-9-28(10-5-24)83-57-50(74)47(71)44(68)38(88-57)21-80-40(64)12-8-25-6-11-30(62)31(63)14-25)49(73)53(77)56(82-23)81-22-39-45(69)48(72)52(76)59(89-39)86-36-19-29-32(84-55(36)26-15-34(78-2)42(66)35(16-26)79-3)17-27(61)18-33(29)85-58-51(75)46(70)43(67)37(20-60)87-58/h4-19,23,37-39,43-54,56-60,67-77H,20-22H2,1-3H3,(H3-,61,62,63,64,66)/p+1/b13-7+/t23-,37+,38+,39+,43+,44+,45+,46-,47-,48+,49-,50+,51-,52+,53-,54-,56+,57+,58+,59+/m0/s1. The average Bonchev–Trinajstić information content (AvgIpc) is 0.782. The number of rotatable bonds is 20. The van der Waals surface area contributed by atoms with Gasteiger partial charge in [-0.25, -0.2) is 14.0 Å². The number of carbonyl (C=O) groups excluding carboxylic acids is 2. The fourth-order valence-electron chi connectivity index (χ4n) is 9.95. The summed E-state index contributed by atoms with van der Waals surface area (Å²) < 4.78 is 74.0. The van der Waals surface area contributed by atoms with Crippen molar-refractivity contribution in [1.29, 1.82) is 0 Å². The van der Waals surface area contributed by atoms with Gasteiger partial charge < -0.3 is 139 Å². The number of benzene rings is 4. The Bertz CT molecular complexity index is 3330. The molecule has 0 bridgehead atoms. The van der Waals surface area contributed by atoms with Crippen LogP contribution in [0.2, 0.25) is 0 Å². The van der Waals surface area contributed by atoms with Crippen molar-refractivity contribution in [3.05, 3.63) is 96.1 Å². The van der Waals surface area contributed by atoms with E-state index in [0.717, 1.165) is 24.3 Å². The van der Waals surface area contributed by atoms with Gasteiger partial charge in [-0.1, -0.05) is 18.2 Å². The van der Waals surface area contributed by atoms with Crippen LogP contribution in [0.1, 0.15) is 18.1 Å². The Labute approximate surface area is 509 Å². The van der Waals surface area contributed by atoms with E-state index in [0.29, 0.717) is 11.1 Å². The lowest BCUT2D eigenvalue weighted by atomic mass is 9.98. The van der Waals surface area contributed by atoms with E-state index in [-0.39, 0.29) is 56.8 Å². The zero-order valence-electron chi connectivity index (χ0n) is 47.7. The Hall–Kier alpha value is -7.77. The largest absolute Gasteiger partial charge is 0.507 e. The van der Waals surface area contributed by atoms with Crippen LogP contribution in [0.5, 0.6) is 51.7 Å². The van der Waals surface area contributed by atoms with Gasteiger partial charge >= 0.3 is 23.3 Å². The van der Waals surface area contributed by atoms with E-state index in [9.17, 15) is 91.3 Å². The Balaban J connectivity index is 0.824. The normalized spacial score (nSPS) is 32.1. The summed E-state index contributed by atoms with van der Waals surface area (Å²) in [7, 11) is 2.50. The molecule has 20 atom stereocenters. The summed E-state index contributed by atoms with van der Waals surface area (Å²) in [4.78, 5) is 25.5. The third-order valence-electron chi connectivity index (χ3n) is 15.0. The third-order valence-corrected chi connectivity index (χ3v) is 15.0. The first-order valence-electron chi connectivity index (χ1n) is 27.7. The molecular weight excluding hydrogens is 1200 g/mol. The number of hydrogen-bond acceptors (Lipinski definition) is 30. The van der Waals surface area contributed by atoms with Gasteiger partial charge in [0.25, 0.3) is 0 Å². The Kier molecular flexibility index (Phi) is 21.2. The number of esters is 2. The van der Waals surface area contributed by atoms with Crippen molar-refractivity contribution in [2.75, 3.05) is 34.0 Å². The molecule has 0 spiro atoms. The molecule has 4 saturated heterocycles. The number of aromatic hydroxyl groups is 4. The fraction of sp³-hybridized carbons (Fsp3) is 0.441. The van der Waals surface area contributed by atoms with Crippen molar-refractivity contribution in [3.8, 4) is 63.1 Å². The SMILES string of the molecule is COc1cc(-c2[o+]c3cc(O)cc(O[C@@H]4O[C@H](CO)[C@@H](O)[C@H](O)[C@@H]4O)c3cc2O[C@@H]2O[C@H](CO[C@@H]3O[C@@H](C)[C@H](OC(=O)/C=C/c4ccc(O[C@@H]5O[C@H](COC(=O)C=Cc6ccc(O)c(O)c6)[C@@H](O)[C@H](O)[C@H]5O)cc4)[C@@H](O)[C@@H]3O)[C@@H](O)[C@@H](O)[C@H]2O)cc(OC)c1O. The number of ether oxygens (including phenoxy) is 12. The predicted octanol–water partition coefficient (Wildman–Crippen LogP) is -1.86. The van der Waals surface area contributed by atoms with E-state index in [1.165, 1.54) is 94.0 Å². The average molecular weight is 1270 g/mol. The van der Waals surface area contributed by atoms with Crippen molar-refractivity contribution in [3.63, 3.8) is 0 Å². The first-order valence-corrected chi connectivity index (χ1v) is 27.7. The zero-order chi connectivity index (χ0) is 65.0. The Morgan fingerprint density at radius 3 is 1.66 bits per heavy atom. The Morgan fingerprint density at radius 2 is 1.06 bits per heavy atom. The van der Waals surface area contributed by atoms with Gasteiger partial charge in [0.1, 0.15) is 115 Å². The Morgan fingerprint density at radius 1 is 0.522 bits per heavy atom. The van der Waals surface area contributed by atoms with Gasteiger partial charge in [0, 0.05) is 36.4 Å². The first kappa shape index (κ1) is 66.6.